The van der Waals surface area contributed by atoms with Gasteiger partial charge in [0.1, 0.15) is 0 Å². The Kier molecular flexibility index (Phi) is 11.1. The maximum absolute atomic E-state index is 13.9. The lowest BCUT2D eigenvalue weighted by atomic mass is 9.59. The number of aromatic nitrogens is 1. The number of fused-ring (bicyclic) bond motifs is 1. The van der Waals surface area contributed by atoms with Crippen LogP contribution >= 0.6 is 10.3 Å². The van der Waals surface area contributed by atoms with E-state index >= 15 is 0 Å². The number of aliphatic hydroxyl groups is 1. The number of nitriles is 1. The summed E-state index contributed by atoms with van der Waals surface area (Å²) in [6.07, 6.45) is 10.8. The first-order valence-corrected chi connectivity index (χ1v) is 19.5. The Morgan fingerprint density at radius 2 is 1.92 bits per heavy atom. The molecule has 0 radical (unpaired) electrons. The maximum Gasteiger partial charge on any atom is 0.417 e. The SMILES string of the molecule is C=C/C(C#N)=C(\C=C/CC(O)c1c(C2CCOCC2)nc2c(c1C1=CCOCC1)C(OS(C)(C)C(C)(C)C)CC1(CCC1)C2)C(F)(F)F. The zero-order chi connectivity index (χ0) is 34.9. The number of aliphatic hydroxyl groups excluding tert-OH is 1. The first kappa shape index (κ1) is 36.9. The fraction of sp³-hybridized carbons (Fsp3) is 0.632. The third-order valence-corrected chi connectivity index (χ3v) is 14.6. The van der Waals surface area contributed by atoms with Crippen molar-refractivity contribution in [2.24, 2.45) is 5.41 Å². The number of rotatable bonds is 9. The highest BCUT2D eigenvalue weighted by atomic mass is 32.3. The fourth-order valence-corrected chi connectivity index (χ4v) is 8.40. The van der Waals surface area contributed by atoms with Crippen molar-refractivity contribution in [3.8, 4) is 6.07 Å². The van der Waals surface area contributed by atoms with E-state index in [-0.39, 0.29) is 28.6 Å². The van der Waals surface area contributed by atoms with Crippen LogP contribution in [0.4, 0.5) is 13.2 Å². The molecule has 10 heteroatoms. The van der Waals surface area contributed by atoms with Gasteiger partial charge >= 0.3 is 6.18 Å². The lowest BCUT2D eigenvalue weighted by Gasteiger charge is -2.52. The number of allylic oxidation sites excluding steroid dienone is 4. The minimum absolute atomic E-state index is 0.0451. The second-order valence-electron chi connectivity index (χ2n) is 15.0. The van der Waals surface area contributed by atoms with Crippen LogP contribution in [-0.4, -0.2) is 60.0 Å². The molecule has 0 aromatic carbocycles. The number of hydrogen-bond acceptors (Lipinski definition) is 6. The molecule has 3 heterocycles. The first-order chi connectivity index (χ1) is 22.6. The van der Waals surface area contributed by atoms with Crippen LogP contribution in [0, 0.1) is 16.7 Å². The Morgan fingerprint density at radius 3 is 2.46 bits per heavy atom. The van der Waals surface area contributed by atoms with Gasteiger partial charge in [-0.2, -0.15) is 18.4 Å². The smallest absolute Gasteiger partial charge is 0.388 e. The Labute approximate surface area is 285 Å². The zero-order valence-corrected chi connectivity index (χ0v) is 29.9. The monoisotopic (exact) mass is 688 g/mol. The van der Waals surface area contributed by atoms with Gasteiger partial charge in [0.2, 0.25) is 0 Å². The summed E-state index contributed by atoms with van der Waals surface area (Å²) in [6.45, 7) is 12.2. The highest BCUT2D eigenvalue weighted by molar-refractivity contribution is 8.29. The summed E-state index contributed by atoms with van der Waals surface area (Å²) < 4.78 is 60.4. The van der Waals surface area contributed by atoms with Crippen molar-refractivity contribution in [1.82, 2.24) is 4.98 Å². The van der Waals surface area contributed by atoms with Crippen molar-refractivity contribution in [2.45, 2.75) is 108 Å². The van der Waals surface area contributed by atoms with Crippen LogP contribution in [0.1, 0.15) is 118 Å². The number of halogens is 3. The van der Waals surface area contributed by atoms with E-state index in [9.17, 15) is 23.5 Å². The van der Waals surface area contributed by atoms with Crippen LogP contribution in [0.3, 0.4) is 0 Å². The number of pyridine rings is 1. The molecular weight excluding hydrogens is 637 g/mol. The first-order valence-electron chi connectivity index (χ1n) is 17.1. The standard InChI is InChI=1S/C38H51F3N2O4S/c1-7-25(24-42)28(38(39,40)41)10-8-11-30(44)34-32(26-12-18-45-19-13-26)33-29(43-35(34)27-14-20-46-21-15-27)22-37(16-9-17-37)23-31(33)47-48(5,6)36(2,3)4/h7-8,10,12,27,30-31,44H,1,9,11,13-23H2,2-6H3/b10-8-,28-25-. The molecule has 2 fully saturated rings. The second kappa shape index (κ2) is 14.4. The Balaban J connectivity index is 1.71. The van der Waals surface area contributed by atoms with Crippen molar-refractivity contribution in [3.63, 3.8) is 0 Å². The van der Waals surface area contributed by atoms with E-state index in [2.05, 4.69) is 45.9 Å². The molecule has 5 rings (SSSR count). The number of ether oxygens (including phenoxy) is 2. The Hall–Kier alpha value is -2.42. The molecule has 1 saturated heterocycles. The molecule has 1 spiro atoms. The molecule has 0 bridgehead atoms. The van der Waals surface area contributed by atoms with E-state index in [4.69, 9.17) is 18.6 Å². The predicted octanol–water partition coefficient (Wildman–Crippen LogP) is 9.28. The van der Waals surface area contributed by atoms with Crippen molar-refractivity contribution in [3.05, 3.63) is 70.1 Å². The third kappa shape index (κ3) is 7.66. The summed E-state index contributed by atoms with van der Waals surface area (Å²) in [5.41, 5.74) is 4.10. The van der Waals surface area contributed by atoms with Gasteiger partial charge < -0.3 is 18.8 Å². The third-order valence-electron chi connectivity index (χ3n) is 10.9. The molecule has 48 heavy (non-hydrogen) atoms. The normalized spacial score (nSPS) is 23.5. The average Bonchev–Trinajstić information content (AvgIpc) is 3.02. The molecule has 2 unspecified atom stereocenters. The molecule has 2 aliphatic carbocycles. The molecule has 2 atom stereocenters. The summed E-state index contributed by atoms with van der Waals surface area (Å²) in [5.74, 6) is 0.0451. The lowest BCUT2D eigenvalue weighted by Crippen LogP contribution is -2.40. The van der Waals surface area contributed by atoms with Crippen LogP contribution in [-0.2, 0) is 20.1 Å². The van der Waals surface area contributed by atoms with Gasteiger partial charge in [0.15, 0.2) is 0 Å². The van der Waals surface area contributed by atoms with Crippen LogP contribution in [0.25, 0.3) is 5.57 Å². The summed E-state index contributed by atoms with van der Waals surface area (Å²) in [7, 11) is -1.54. The predicted molar refractivity (Wildman–Crippen MR) is 186 cm³/mol. The molecule has 2 aliphatic heterocycles. The van der Waals surface area contributed by atoms with Gasteiger partial charge in [-0.25, -0.2) is 0 Å². The van der Waals surface area contributed by atoms with E-state index in [1.165, 1.54) is 12.5 Å². The molecule has 1 aromatic heterocycles. The summed E-state index contributed by atoms with van der Waals surface area (Å²) in [6, 6.07) is 1.59. The zero-order valence-electron chi connectivity index (χ0n) is 29.0. The molecule has 1 aromatic rings. The van der Waals surface area contributed by atoms with E-state index in [1.54, 1.807) is 6.07 Å². The molecular formula is C38H51F3N2O4S. The highest BCUT2D eigenvalue weighted by Gasteiger charge is 2.48. The second-order valence-corrected chi connectivity index (χ2v) is 18.9. The van der Waals surface area contributed by atoms with Crippen LogP contribution in [0.2, 0.25) is 0 Å². The van der Waals surface area contributed by atoms with E-state index < -0.39 is 33.7 Å². The number of hydrogen-bond donors (Lipinski definition) is 1. The number of nitrogens with zero attached hydrogens (tertiary/aromatic N) is 2. The average molecular weight is 689 g/mol. The Morgan fingerprint density at radius 1 is 1.21 bits per heavy atom. The van der Waals surface area contributed by atoms with Crippen LogP contribution in [0.15, 0.2) is 42.0 Å². The van der Waals surface area contributed by atoms with Crippen molar-refractivity contribution in [2.75, 3.05) is 38.9 Å². The van der Waals surface area contributed by atoms with E-state index in [0.29, 0.717) is 38.4 Å². The van der Waals surface area contributed by atoms with Gasteiger partial charge in [-0.05, 0) is 80.4 Å². The molecule has 4 aliphatic rings. The van der Waals surface area contributed by atoms with Gasteiger partial charge in [0, 0.05) is 40.7 Å². The quantitative estimate of drug-likeness (QED) is 0.206. The molecule has 264 valence electrons. The summed E-state index contributed by atoms with van der Waals surface area (Å²) >= 11 is 0. The minimum atomic E-state index is -4.75. The van der Waals surface area contributed by atoms with Crippen molar-refractivity contribution in [1.29, 1.82) is 5.26 Å². The van der Waals surface area contributed by atoms with Crippen molar-refractivity contribution >= 4 is 15.9 Å². The largest absolute Gasteiger partial charge is 0.417 e. The Bertz CT molecular complexity index is 1510. The van der Waals surface area contributed by atoms with Gasteiger partial charge in [-0.3, -0.25) is 4.98 Å². The molecule has 1 saturated carbocycles. The van der Waals surface area contributed by atoms with E-state index in [1.807, 2.05) is 0 Å². The topological polar surface area (TPSA) is 84.6 Å². The van der Waals surface area contributed by atoms with Crippen LogP contribution < -0.4 is 0 Å². The molecule has 0 amide bonds. The molecule has 6 nitrogen and oxygen atoms in total. The van der Waals surface area contributed by atoms with Gasteiger partial charge in [0.05, 0.1) is 48.3 Å². The minimum Gasteiger partial charge on any atom is -0.388 e. The lowest BCUT2D eigenvalue weighted by molar-refractivity contribution is -0.0886. The van der Waals surface area contributed by atoms with Crippen LogP contribution in [0.5, 0.6) is 0 Å². The van der Waals surface area contributed by atoms with E-state index in [0.717, 1.165) is 78.8 Å². The summed E-state index contributed by atoms with van der Waals surface area (Å²) in [4.78, 5) is 5.46. The maximum atomic E-state index is 13.9. The highest BCUT2D eigenvalue weighted by Crippen LogP contribution is 2.63. The van der Waals surface area contributed by atoms with Gasteiger partial charge in [-0.1, -0.05) is 58.1 Å². The summed E-state index contributed by atoms with van der Waals surface area (Å²) in [5, 5.41) is 21.4. The number of alkyl halides is 3. The van der Waals surface area contributed by atoms with Gasteiger partial charge in [-0.15, -0.1) is 10.3 Å². The molecule has 1 N–H and O–H groups in total. The van der Waals surface area contributed by atoms with Crippen molar-refractivity contribution < 1.29 is 31.9 Å². The fourth-order valence-electron chi connectivity index (χ4n) is 7.37. The van der Waals surface area contributed by atoms with Gasteiger partial charge in [0.25, 0.3) is 0 Å².